The summed E-state index contributed by atoms with van der Waals surface area (Å²) in [5.74, 6) is -0.0265. The zero-order chi connectivity index (χ0) is 11.0. The Morgan fingerprint density at radius 3 is 2.50 bits per heavy atom. The van der Waals surface area contributed by atoms with Crippen LogP contribution in [0.4, 0.5) is 0 Å². The Kier molecular flexibility index (Phi) is 6.88. The molecule has 0 aliphatic carbocycles. The molecule has 0 spiro atoms. The lowest BCUT2D eigenvalue weighted by Gasteiger charge is -2.22. The Hall–Kier alpha value is -0.313. The van der Waals surface area contributed by atoms with Crippen molar-refractivity contribution in [2.75, 3.05) is 0 Å². The Labute approximate surface area is 89.2 Å². The molecule has 0 fully saturated rings. The fourth-order valence-corrected chi connectivity index (χ4v) is 3.31. The van der Waals surface area contributed by atoms with Gasteiger partial charge in [-0.3, -0.25) is 4.79 Å². The number of carbonyl (C=O) groups is 1. The number of unbranched alkanes of at least 4 members (excludes halogenated alkanes) is 2. The van der Waals surface area contributed by atoms with Gasteiger partial charge in [0, 0.05) is 6.42 Å². The summed E-state index contributed by atoms with van der Waals surface area (Å²) < 4.78 is 5.51. The van der Waals surface area contributed by atoms with Gasteiger partial charge in [-0.1, -0.05) is 33.1 Å². The molecule has 14 heavy (non-hydrogen) atoms. The van der Waals surface area contributed by atoms with Crippen LogP contribution in [0.15, 0.2) is 0 Å². The summed E-state index contributed by atoms with van der Waals surface area (Å²) in [6.07, 6.45) is 4.53. The Bertz CT molecular complexity index is 167. The molecule has 0 N–H and O–H groups in total. The van der Waals surface area contributed by atoms with E-state index in [0.717, 1.165) is 18.9 Å². The molecule has 1 radical (unpaired) electrons. The lowest BCUT2D eigenvalue weighted by Crippen LogP contribution is -2.33. The molecule has 3 heteroatoms. The summed E-state index contributed by atoms with van der Waals surface area (Å²) in [7, 11) is -1.71. The molecular formula is C11H23O2Si. The topological polar surface area (TPSA) is 26.3 Å². The number of rotatable bonds is 7. The van der Waals surface area contributed by atoms with Crippen LogP contribution in [0.5, 0.6) is 0 Å². The van der Waals surface area contributed by atoms with Gasteiger partial charge in [0.25, 0.3) is 5.97 Å². The second-order valence-corrected chi connectivity index (χ2v) is 8.52. The van der Waals surface area contributed by atoms with Gasteiger partial charge in [-0.15, -0.1) is 0 Å². The molecule has 0 aliphatic heterocycles. The molecule has 0 amide bonds. The molecule has 0 bridgehead atoms. The van der Waals surface area contributed by atoms with E-state index < -0.39 is 8.32 Å². The van der Waals surface area contributed by atoms with Crippen LogP contribution in [0.1, 0.15) is 39.0 Å². The smallest absolute Gasteiger partial charge is 0.292 e. The predicted octanol–water partition coefficient (Wildman–Crippen LogP) is 3.54. The van der Waals surface area contributed by atoms with E-state index in [-0.39, 0.29) is 5.97 Å². The molecule has 83 valence electrons. The van der Waals surface area contributed by atoms with Crippen molar-refractivity contribution >= 4 is 14.3 Å². The van der Waals surface area contributed by atoms with Gasteiger partial charge in [-0.05, 0) is 25.6 Å². The van der Waals surface area contributed by atoms with E-state index in [1.165, 1.54) is 12.8 Å². The molecule has 0 rings (SSSR count). The molecule has 0 saturated carbocycles. The number of hydrogen-bond acceptors (Lipinski definition) is 2. The van der Waals surface area contributed by atoms with Gasteiger partial charge in [-0.25, -0.2) is 0 Å². The predicted molar refractivity (Wildman–Crippen MR) is 62.5 cm³/mol. The minimum atomic E-state index is -1.71. The van der Waals surface area contributed by atoms with E-state index in [1.807, 2.05) is 0 Å². The third-order valence-corrected chi connectivity index (χ3v) is 4.49. The monoisotopic (exact) mass is 215 g/mol. The number of carbonyl (C=O) groups excluding carboxylic acids is 1. The summed E-state index contributed by atoms with van der Waals surface area (Å²) in [6.45, 7) is 10.1. The van der Waals surface area contributed by atoms with Crippen molar-refractivity contribution in [1.29, 1.82) is 0 Å². The van der Waals surface area contributed by atoms with Crippen LogP contribution < -0.4 is 0 Å². The summed E-state index contributed by atoms with van der Waals surface area (Å²) in [6, 6.07) is 1.08. The van der Waals surface area contributed by atoms with Crippen LogP contribution in [-0.2, 0) is 9.22 Å². The molecule has 0 aromatic heterocycles. The maximum absolute atomic E-state index is 11.4. The highest BCUT2D eigenvalue weighted by Crippen LogP contribution is 2.16. The fraction of sp³-hybridized carbons (Fsp3) is 0.818. The Morgan fingerprint density at radius 1 is 1.36 bits per heavy atom. The zero-order valence-electron chi connectivity index (χ0n) is 9.77. The highest BCUT2D eigenvalue weighted by Gasteiger charge is 2.25. The van der Waals surface area contributed by atoms with E-state index in [0.29, 0.717) is 6.42 Å². The van der Waals surface area contributed by atoms with Crippen LogP contribution in [0.2, 0.25) is 19.1 Å². The lowest BCUT2D eigenvalue weighted by atomic mass is 10.3. The van der Waals surface area contributed by atoms with E-state index >= 15 is 0 Å². The van der Waals surface area contributed by atoms with Gasteiger partial charge in [0.1, 0.15) is 0 Å². The summed E-state index contributed by atoms with van der Waals surface area (Å²) in [5, 5.41) is 0. The maximum Gasteiger partial charge on any atom is 0.292 e. The van der Waals surface area contributed by atoms with Crippen molar-refractivity contribution in [1.82, 2.24) is 0 Å². The highest BCUT2D eigenvalue weighted by atomic mass is 28.4. The molecule has 0 unspecified atom stereocenters. The van der Waals surface area contributed by atoms with Crippen LogP contribution in [0.25, 0.3) is 0 Å². The van der Waals surface area contributed by atoms with E-state index in [4.69, 9.17) is 4.43 Å². The zero-order valence-corrected chi connectivity index (χ0v) is 10.8. The van der Waals surface area contributed by atoms with Crippen molar-refractivity contribution in [3.05, 3.63) is 6.92 Å². The van der Waals surface area contributed by atoms with E-state index in [1.54, 1.807) is 0 Å². The minimum absolute atomic E-state index is 0.0265. The second-order valence-electron chi connectivity index (χ2n) is 4.29. The first-order chi connectivity index (χ1) is 6.52. The Morgan fingerprint density at radius 2 is 2.00 bits per heavy atom. The fourth-order valence-electron chi connectivity index (χ4n) is 1.28. The molecule has 0 saturated heterocycles. The molecule has 0 aromatic rings. The first-order valence-corrected chi connectivity index (χ1v) is 8.64. The summed E-state index contributed by atoms with van der Waals surface area (Å²) >= 11 is 0. The molecule has 0 aromatic carbocycles. The van der Waals surface area contributed by atoms with Crippen LogP contribution in [0.3, 0.4) is 0 Å². The largest absolute Gasteiger partial charge is 0.520 e. The van der Waals surface area contributed by atoms with Gasteiger partial charge in [0.2, 0.25) is 8.32 Å². The third kappa shape index (κ3) is 7.13. The van der Waals surface area contributed by atoms with Crippen molar-refractivity contribution in [3.63, 3.8) is 0 Å². The van der Waals surface area contributed by atoms with Crippen LogP contribution >= 0.6 is 0 Å². The van der Waals surface area contributed by atoms with Gasteiger partial charge < -0.3 is 4.43 Å². The van der Waals surface area contributed by atoms with Crippen molar-refractivity contribution < 1.29 is 9.22 Å². The number of hydrogen-bond donors (Lipinski definition) is 0. The van der Waals surface area contributed by atoms with Crippen LogP contribution in [0, 0.1) is 6.92 Å². The van der Waals surface area contributed by atoms with Crippen molar-refractivity contribution in [2.24, 2.45) is 0 Å². The van der Waals surface area contributed by atoms with Crippen molar-refractivity contribution in [2.45, 2.75) is 58.2 Å². The third-order valence-electron chi connectivity index (χ3n) is 2.15. The van der Waals surface area contributed by atoms with Crippen molar-refractivity contribution in [3.8, 4) is 0 Å². The first kappa shape index (κ1) is 13.7. The molecule has 0 heterocycles. The standard InChI is InChI=1S/C11H23O2Si/c1-5-7-9-11(12)13-14(3,4)10-8-6-2/h1,5-10H2,2-4H3. The van der Waals surface area contributed by atoms with E-state index in [2.05, 4.69) is 26.9 Å². The summed E-state index contributed by atoms with van der Waals surface area (Å²) in [5.41, 5.74) is 0. The first-order valence-electron chi connectivity index (χ1n) is 5.53. The molecule has 0 atom stereocenters. The maximum atomic E-state index is 11.4. The van der Waals surface area contributed by atoms with Gasteiger partial charge in [-0.2, -0.15) is 0 Å². The van der Waals surface area contributed by atoms with Crippen LogP contribution in [-0.4, -0.2) is 14.3 Å². The normalized spacial score (nSPS) is 11.4. The average Bonchev–Trinajstić information content (AvgIpc) is 2.11. The Balaban J connectivity index is 3.76. The summed E-state index contributed by atoms with van der Waals surface area (Å²) in [4.78, 5) is 11.4. The molecule has 0 aliphatic rings. The second kappa shape index (κ2) is 7.04. The SMILES string of the molecule is [CH2]CCCC(=O)O[Si](C)(C)CCCC. The van der Waals surface area contributed by atoms with Gasteiger partial charge in [0.05, 0.1) is 0 Å². The minimum Gasteiger partial charge on any atom is -0.520 e. The highest BCUT2D eigenvalue weighted by molar-refractivity contribution is 6.72. The quantitative estimate of drug-likeness (QED) is 0.607. The van der Waals surface area contributed by atoms with E-state index in [9.17, 15) is 4.79 Å². The lowest BCUT2D eigenvalue weighted by molar-refractivity contribution is -0.135. The average molecular weight is 215 g/mol. The molecular weight excluding hydrogens is 192 g/mol. The van der Waals surface area contributed by atoms with Gasteiger partial charge >= 0.3 is 0 Å². The van der Waals surface area contributed by atoms with Gasteiger partial charge in [0.15, 0.2) is 0 Å². The molecule has 2 nitrogen and oxygen atoms in total.